The van der Waals surface area contributed by atoms with Gasteiger partial charge in [0.05, 0.1) is 26.4 Å². The molecule has 0 radical (unpaired) electrons. The van der Waals surface area contributed by atoms with E-state index in [2.05, 4.69) is 0 Å². The standard InChI is InChI=1S/C7H14O7P2/c8-15(10-3-1-4-11-15)7-14-16(9)12-5-2-6-13-16/h1-7H2. The van der Waals surface area contributed by atoms with Crippen LogP contribution in [0.1, 0.15) is 12.8 Å². The van der Waals surface area contributed by atoms with Gasteiger partial charge in [-0.3, -0.25) is 18.1 Å². The molecule has 2 heterocycles. The minimum atomic E-state index is -3.55. The van der Waals surface area contributed by atoms with Gasteiger partial charge in [0.25, 0.3) is 0 Å². The molecule has 0 aromatic carbocycles. The zero-order valence-electron chi connectivity index (χ0n) is 8.70. The summed E-state index contributed by atoms with van der Waals surface area (Å²) in [5, 5.41) is 0. The van der Waals surface area contributed by atoms with Crippen LogP contribution in [0.5, 0.6) is 0 Å². The monoisotopic (exact) mass is 272 g/mol. The van der Waals surface area contributed by atoms with E-state index >= 15 is 0 Å². The number of phosphoric acid groups is 1. The van der Waals surface area contributed by atoms with Crippen LogP contribution in [0, 0.1) is 0 Å². The molecule has 2 saturated heterocycles. The predicted octanol–water partition coefficient (Wildman–Crippen LogP) is 2.14. The Labute approximate surface area is 93.5 Å². The molecule has 0 unspecified atom stereocenters. The third-order valence-corrected chi connectivity index (χ3v) is 5.27. The zero-order chi connectivity index (χ0) is 11.5. The van der Waals surface area contributed by atoms with Crippen molar-refractivity contribution in [2.75, 3.05) is 32.8 Å². The molecule has 16 heavy (non-hydrogen) atoms. The molecule has 2 aliphatic heterocycles. The maximum absolute atomic E-state index is 11.8. The fourth-order valence-corrected chi connectivity index (χ4v) is 4.34. The Morgan fingerprint density at radius 2 is 1.38 bits per heavy atom. The van der Waals surface area contributed by atoms with Crippen molar-refractivity contribution in [3.05, 3.63) is 0 Å². The average Bonchev–Trinajstić information content (AvgIpc) is 2.29. The highest BCUT2D eigenvalue weighted by Crippen LogP contribution is 2.58. The molecule has 0 N–H and O–H groups in total. The van der Waals surface area contributed by atoms with Crippen LogP contribution in [-0.2, 0) is 31.7 Å². The number of rotatable bonds is 3. The van der Waals surface area contributed by atoms with Crippen molar-refractivity contribution in [1.82, 2.24) is 0 Å². The van der Waals surface area contributed by atoms with E-state index in [9.17, 15) is 9.13 Å². The Morgan fingerprint density at radius 1 is 0.875 bits per heavy atom. The molecular formula is C7H14O7P2. The van der Waals surface area contributed by atoms with Gasteiger partial charge in [0, 0.05) is 0 Å². The first kappa shape index (κ1) is 12.7. The van der Waals surface area contributed by atoms with Crippen LogP contribution < -0.4 is 0 Å². The van der Waals surface area contributed by atoms with Gasteiger partial charge in [-0.25, -0.2) is 4.57 Å². The minimum Gasteiger partial charge on any atom is -0.307 e. The van der Waals surface area contributed by atoms with E-state index in [1.165, 1.54) is 0 Å². The third-order valence-electron chi connectivity index (χ3n) is 2.03. The SMILES string of the molecule is O=P1(COP2(=O)OCCCO2)OCCCO1. The summed E-state index contributed by atoms with van der Waals surface area (Å²) in [4.78, 5) is 0. The number of phosphoric ester groups is 1. The van der Waals surface area contributed by atoms with E-state index in [1.807, 2.05) is 0 Å². The number of hydrogen-bond donors (Lipinski definition) is 0. The lowest BCUT2D eigenvalue weighted by Gasteiger charge is -2.26. The lowest BCUT2D eigenvalue weighted by molar-refractivity contribution is 0.0723. The molecule has 0 aromatic rings. The first-order chi connectivity index (χ1) is 7.62. The summed E-state index contributed by atoms with van der Waals surface area (Å²) in [5.41, 5.74) is 0. The topological polar surface area (TPSA) is 80.3 Å². The first-order valence-corrected chi connectivity index (χ1v) is 8.23. The van der Waals surface area contributed by atoms with Gasteiger partial charge in [-0.15, -0.1) is 0 Å². The van der Waals surface area contributed by atoms with Gasteiger partial charge in [0.1, 0.15) is 0 Å². The third kappa shape index (κ3) is 3.37. The Hall–Kier alpha value is 0.260. The molecule has 0 atom stereocenters. The molecule has 2 rings (SSSR count). The summed E-state index contributed by atoms with van der Waals surface area (Å²) >= 11 is 0. The summed E-state index contributed by atoms with van der Waals surface area (Å²) in [6.07, 6.45) is 0.955. The summed E-state index contributed by atoms with van der Waals surface area (Å²) in [6.45, 7) is 1.33. The number of hydrogen-bond acceptors (Lipinski definition) is 7. The van der Waals surface area contributed by atoms with Crippen LogP contribution in [-0.4, -0.2) is 32.8 Å². The highest BCUT2D eigenvalue weighted by atomic mass is 31.2. The second kappa shape index (κ2) is 5.27. The molecule has 2 aliphatic rings. The highest BCUT2D eigenvalue weighted by molar-refractivity contribution is 7.55. The Morgan fingerprint density at radius 3 is 1.94 bits per heavy atom. The van der Waals surface area contributed by atoms with E-state index in [0.29, 0.717) is 39.3 Å². The molecule has 0 amide bonds. The highest BCUT2D eigenvalue weighted by Gasteiger charge is 2.36. The lowest BCUT2D eigenvalue weighted by Crippen LogP contribution is -2.14. The van der Waals surface area contributed by atoms with Gasteiger partial charge < -0.3 is 9.05 Å². The smallest absolute Gasteiger partial charge is 0.307 e. The fraction of sp³-hybridized carbons (Fsp3) is 1.00. The van der Waals surface area contributed by atoms with Crippen molar-refractivity contribution in [2.45, 2.75) is 12.8 Å². The molecule has 0 aromatic heterocycles. The molecule has 0 aliphatic carbocycles. The van der Waals surface area contributed by atoms with Crippen LogP contribution in [0.4, 0.5) is 0 Å². The van der Waals surface area contributed by atoms with Crippen molar-refractivity contribution in [2.24, 2.45) is 0 Å². The molecule has 94 valence electrons. The molecule has 0 spiro atoms. The summed E-state index contributed by atoms with van der Waals surface area (Å²) in [5.74, 6) is 0. The molecule has 2 fully saturated rings. The Balaban J connectivity index is 1.85. The Bertz CT molecular complexity index is 279. The van der Waals surface area contributed by atoms with E-state index < -0.39 is 21.8 Å². The van der Waals surface area contributed by atoms with Crippen molar-refractivity contribution < 1.29 is 31.7 Å². The van der Waals surface area contributed by atoms with Crippen molar-refractivity contribution in [3.8, 4) is 0 Å². The van der Waals surface area contributed by atoms with Crippen LogP contribution in [0.3, 0.4) is 0 Å². The molecule has 0 saturated carbocycles. The maximum Gasteiger partial charge on any atom is 0.475 e. The van der Waals surface area contributed by atoms with Gasteiger partial charge in [-0.05, 0) is 12.8 Å². The summed E-state index contributed by atoms with van der Waals surface area (Å²) < 4.78 is 48.2. The van der Waals surface area contributed by atoms with Crippen molar-refractivity contribution in [1.29, 1.82) is 0 Å². The van der Waals surface area contributed by atoms with Gasteiger partial charge in [0.15, 0.2) is 6.35 Å². The van der Waals surface area contributed by atoms with Gasteiger partial charge in [-0.1, -0.05) is 0 Å². The molecule has 9 heteroatoms. The first-order valence-electron chi connectivity index (χ1n) is 5.04. The van der Waals surface area contributed by atoms with Crippen LogP contribution in [0.15, 0.2) is 0 Å². The zero-order valence-corrected chi connectivity index (χ0v) is 10.5. The fourth-order valence-electron chi connectivity index (χ4n) is 1.24. The van der Waals surface area contributed by atoms with Crippen LogP contribution in [0.2, 0.25) is 0 Å². The average molecular weight is 272 g/mol. The molecular weight excluding hydrogens is 258 g/mol. The van der Waals surface area contributed by atoms with E-state index in [4.69, 9.17) is 22.6 Å². The van der Waals surface area contributed by atoms with E-state index in [0.717, 1.165) is 0 Å². The molecule has 0 bridgehead atoms. The summed E-state index contributed by atoms with van der Waals surface area (Å²) in [6, 6.07) is 0. The second-order valence-electron chi connectivity index (χ2n) is 3.36. The van der Waals surface area contributed by atoms with Crippen LogP contribution in [0.25, 0.3) is 0 Å². The second-order valence-corrected chi connectivity index (χ2v) is 7.02. The summed E-state index contributed by atoms with van der Waals surface area (Å²) in [7, 11) is -6.83. The van der Waals surface area contributed by atoms with Crippen molar-refractivity contribution in [3.63, 3.8) is 0 Å². The van der Waals surface area contributed by atoms with Crippen LogP contribution >= 0.6 is 15.4 Å². The van der Waals surface area contributed by atoms with Gasteiger partial charge in [0.2, 0.25) is 0 Å². The van der Waals surface area contributed by atoms with Gasteiger partial charge in [-0.2, -0.15) is 0 Å². The minimum absolute atomic E-state index is 0.309. The van der Waals surface area contributed by atoms with E-state index in [1.54, 1.807) is 0 Å². The molecule has 7 nitrogen and oxygen atoms in total. The van der Waals surface area contributed by atoms with Crippen molar-refractivity contribution >= 4 is 15.4 Å². The quantitative estimate of drug-likeness (QED) is 0.728. The van der Waals surface area contributed by atoms with E-state index in [-0.39, 0.29) is 0 Å². The normalized spacial score (nSPS) is 28.8. The maximum atomic E-state index is 11.8. The Kier molecular flexibility index (Phi) is 4.19. The predicted molar refractivity (Wildman–Crippen MR) is 54.2 cm³/mol. The largest absolute Gasteiger partial charge is 0.475 e. The lowest BCUT2D eigenvalue weighted by atomic mass is 10.5. The van der Waals surface area contributed by atoms with Gasteiger partial charge >= 0.3 is 15.4 Å².